The lowest BCUT2D eigenvalue weighted by Gasteiger charge is -2.35. The number of rotatable bonds is 8. The highest BCUT2D eigenvalue weighted by atomic mass is 19.1. The van der Waals surface area contributed by atoms with Crippen LogP contribution in [0.5, 0.6) is 0 Å². The third-order valence-electron chi connectivity index (χ3n) is 7.41. The fourth-order valence-electron chi connectivity index (χ4n) is 4.91. The minimum Gasteiger partial charge on any atom is -0.382 e. The third-order valence-corrected chi connectivity index (χ3v) is 7.41. The number of piperazine rings is 1. The van der Waals surface area contributed by atoms with E-state index in [0.29, 0.717) is 55.0 Å². The van der Waals surface area contributed by atoms with Crippen molar-refractivity contribution in [1.29, 1.82) is 0 Å². The molecule has 0 bridgehead atoms. The van der Waals surface area contributed by atoms with Gasteiger partial charge in [-0.05, 0) is 73.4 Å². The Hall–Kier alpha value is -4.34. The average molecular weight is 544 g/mol. The van der Waals surface area contributed by atoms with Crippen molar-refractivity contribution in [2.45, 2.75) is 38.8 Å². The summed E-state index contributed by atoms with van der Waals surface area (Å²) in [6.45, 7) is 4.60. The van der Waals surface area contributed by atoms with Gasteiger partial charge in [0, 0.05) is 61.3 Å². The number of hydrogen-bond donors (Lipinski definition) is 1. The molecule has 1 aliphatic heterocycles. The molecule has 1 saturated heterocycles. The number of anilines is 2. The standard InChI is InChI=1S/C30H31F2N7O/c1-2-20-18-33-27(17-26(20)34-25-11-12-25)37-13-15-38(16-14-37)28(40)19-39-30(22-5-9-24(32)10-6-22)35-29(36-39)21-3-7-23(31)8-4-21/h3-10,17-18,25H,2,11-16,19H2,1H3,(H,33,34). The molecule has 1 amide bonds. The maximum atomic E-state index is 13.6. The van der Waals surface area contributed by atoms with Crippen LogP contribution in [0.4, 0.5) is 20.3 Å². The fourth-order valence-corrected chi connectivity index (χ4v) is 4.91. The lowest BCUT2D eigenvalue weighted by atomic mass is 10.1. The van der Waals surface area contributed by atoms with Crippen molar-refractivity contribution in [2.75, 3.05) is 36.4 Å². The zero-order valence-electron chi connectivity index (χ0n) is 22.4. The van der Waals surface area contributed by atoms with Crippen molar-refractivity contribution >= 4 is 17.4 Å². The molecule has 6 rings (SSSR count). The second-order valence-electron chi connectivity index (χ2n) is 10.3. The van der Waals surface area contributed by atoms with Crippen molar-refractivity contribution in [2.24, 2.45) is 0 Å². The molecule has 8 nitrogen and oxygen atoms in total. The number of benzene rings is 2. The SMILES string of the molecule is CCc1cnc(N2CCN(C(=O)Cn3nc(-c4ccc(F)cc4)nc3-c3ccc(F)cc3)CC2)cc1NC1CC1. The zero-order chi connectivity index (χ0) is 27.6. The lowest BCUT2D eigenvalue weighted by molar-refractivity contribution is -0.132. The molecule has 206 valence electrons. The molecule has 2 aromatic heterocycles. The van der Waals surface area contributed by atoms with Gasteiger partial charge in [-0.3, -0.25) is 4.79 Å². The Labute approximate surface area is 231 Å². The highest BCUT2D eigenvalue weighted by molar-refractivity contribution is 5.77. The molecule has 1 N–H and O–H groups in total. The van der Waals surface area contributed by atoms with Gasteiger partial charge in [-0.25, -0.2) is 23.4 Å². The summed E-state index contributed by atoms with van der Waals surface area (Å²) in [5.74, 6) is 0.937. The smallest absolute Gasteiger partial charge is 0.244 e. The van der Waals surface area contributed by atoms with E-state index in [1.165, 1.54) is 42.7 Å². The van der Waals surface area contributed by atoms with Crippen LogP contribution in [0.3, 0.4) is 0 Å². The van der Waals surface area contributed by atoms with Gasteiger partial charge in [0.15, 0.2) is 11.6 Å². The summed E-state index contributed by atoms with van der Waals surface area (Å²) in [5, 5.41) is 8.20. The summed E-state index contributed by atoms with van der Waals surface area (Å²) >= 11 is 0. The number of halogens is 2. The van der Waals surface area contributed by atoms with Crippen LogP contribution in [0, 0.1) is 11.6 Å². The molecule has 4 aromatic rings. The van der Waals surface area contributed by atoms with Crippen LogP contribution >= 0.6 is 0 Å². The average Bonchev–Trinajstić information content (AvgIpc) is 3.70. The normalized spacial score (nSPS) is 15.4. The second-order valence-corrected chi connectivity index (χ2v) is 10.3. The lowest BCUT2D eigenvalue weighted by Crippen LogP contribution is -2.50. The van der Waals surface area contributed by atoms with Gasteiger partial charge in [0.1, 0.15) is 24.0 Å². The molecule has 40 heavy (non-hydrogen) atoms. The number of hydrogen-bond acceptors (Lipinski definition) is 6. The number of carbonyl (C=O) groups is 1. The molecule has 3 heterocycles. The van der Waals surface area contributed by atoms with E-state index < -0.39 is 0 Å². The van der Waals surface area contributed by atoms with E-state index >= 15 is 0 Å². The van der Waals surface area contributed by atoms with Gasteiger partial charge >= 0.3 is 0 Å². The molecule has 2 aromatic carbocycles. The minimum absolute atomic E-state index is 0.0141. The Kier molecular flexibility index (Phi) is 7.15. The monoisotopic (exact) mass is 543 g/mol. The first-order valence-corrected chi connectivity index (χ1v) is 13.7. The van der Waals surface area contributed by atoms with Gasteiger partial charge in [-0.2, -0.15) is 0 Å². The number of aryl methyl sites for hydroxylation is 1. The van der Waals surface area contributed by atoms with Gasteiger partial charge in [-0.15, -0.1) is 5.10 Å². The Morgan fingerprint density at radius 3 is 2.23 bits per heavy atom. The Morgan fingerprint density at radius 1 is 0.950 bits per heavy atom. The molecular formula is C30H31F2N7O. The van der Waals surface area contributed by atoms with Crippen molar-refractivity contribution in [3.05, 3.63) is 78.0 Å². The fraction of sp³-hybridized carbons (Fsp3) is 0.333. The van der Waals surface area contributed by atoms with Gasteiger partial charge in [0.25, 0.3) is 0 Å². The Balaban J connectivity index is 1.17. The third kappa shape index (κ3) is 5.66. The topological polar surface area (TPSA) is 79.2 Å². The molecule has 0 spiro atoms. The Morgan fingerprint density at radius 2 is 1.60 bits per heavy atom. The van der Waals surface area contributed by atoms with Gasteiger partial charge < -0.3 is 15.1 Å². The van der Waals surface area contributed by atoms with Crippen molar-refractivity contribution in [3.63, 3.8) is 0 Å². The van der Waals surface area contributed by atoms with Crippen molar-refractivity contribution < 1.29 is 13.6 Å². The van der Waals surface area contributed by atoms with E-state index in [-0.39, 0.29) is 24.1 Å². The van der Waals surface area contributed by atoms with Crippen LogP contribution in [0.2, 0.25) is 0 Å². The first-order chi connectivity index (χ1) is 19.5. The summed E-state index contributed by atoms with van der Waals surface area (Å²) < 4.78 is 28.6. The molecule has 1 saturated carbocycles. The number of aromatic nitrogens is 4. The van der Waals surface area contributed by atoms with Gasteiger partial charge in [-0.1, -0.05) is 6.92 Å². The van der Waals surface area contributed by atoms with Crippen LogP contribution in [-0.2, 0) is 17.8 Å². The Bertz CT molecular complexity index is 1490. The summed E-state index contributed by atoms with van der Waals surface area (Å²) in [7, 11) is 0. The maximum absolute atomic E-state index is 13.6. The number of nitrogens with one attached hydrogen (secondary N) is 1. The number of pyridine rings is 1. The molecule has 10 heteroatoms. The highest BCUT2D eigenvalue weighted by Crippen LogP contribution is 2.29. The largest absolute Gasteiger partial charge is 0.382 e. The van der Waals surface area contributed by atoms with E-state index in [4.69, 9.17) is 4.98 Å². The molecule has 0 atom stereocenters. The second kappa shape index (κ2) is 11.0. The van der Waals surface area contributed by atoms with E-state index in [0.717, 1.165) is 17.9 Å². The van der Waals surface area contributed by atoms with Crippen LogP contribution in [-0.4, -0.2) is 62.8 Å². The minimum atomic E-state index is -0.364. The zero-order valence-corrected chi connectivity index (χ0v) is 22.4. The molecular weight excluding hydrogens is 512 g/mol. The highest BCUT2D eigenvalue weighted by Gasteiger charge is 2.26. The summed E-state index contributed by atoms with van der Waals surface area (Å²) in [5.41, 5.74) is 3.64. The van der Waals surface area contributed by atoms with E-state index in [1.54, 1.807) is 28.9 Å². The van der Waals surface area contributed by atoms with E-state index in [1.807, 2.05) is 11.1 Å². The number of carbonyl (C=O) groups excluding carboxylic acids is 1. The summed E-state index contributed by atoms with van der Waals surface area (Å²) in [6, 6.07) is 14.5. The molecule has 2 aliphatic rings. The first kappa shape index (κ1) is 25.9. The molecule has 2 fully saturated rings. The van der Waals surface area contributed by atoms with Gasteiger partial charge in [0.05, 0.1) is 0 Å². The van der Waals surface area contributed by atoms with E-state index in [9.17, 15) is 13.6 Å². The molecule has 0 unspecified atom stereocenters. The van der Waals surface area contributed by atoms with Crippen LogP contribution < -0.4 is 10.2 Å². The predicted molar refractivity (Wildman–Crippen MR) is 150 cm³/mol. The first-order valence-electron chi connectivity index (χ1n) is 13.7. The van der Waals surface area contributed by atoms with Crippen LogP contribution in [0.1, 0.15) is 25.3 Å². The molecule has 0 radical (unpaired) electrons. The summed E-state index contributed by atoms with van der Waals surface area (Å²) in [4.78, 5) is 26.7. The predicted octanol–water partition coefficient (Wildman–Crippen LogP) is 4.77. The van der Waals surface area contributed by atoms with Crippen LogP contribution in [0.15, 0.2) is 60.8 Å². The molecule has 1 aliphatic carbocycles. The summed E-state index contributed by atoms with van der Waals surface area (Å²) in [6.07, 6.45) is 5.30. The van der Waals surface area contributed by atoms with E-state index in [2.05, 4.69) is 33.3 Å². The number of nitrogens with zero attached hydrogens (tertiary/aromatic N) is 6. The maximum Gasteiger partial charge on any atom is 0.244 e. The number of amides is 1. The van der Waals surface area contributed by atoms with Crippen molar-refractivity contribution in [3.8, 4) is 22.8 Å². The van der Waals surface area contributed by atoms with Gasteiger partial charge in [0.2, 0.25) is 5.91 Å². The van der Waals surface area contributed by atoms with Crippen molar-refractivity contribution in [1.82, 2.24) is 24.6 Å². The van der Waals surface area contributed by atoms with Crippen LogP contribution in [0.25, 0.3) is 22.8 Å². The quantitative estimate of drug-likeness (QED) is 0.345.